The lowest BCUT2D eigenvalue weighted by atomic mass is 10.1. The van der Waals surface area contributed by atoms with E-state index in [1.165, 1.54) is 13.8 Å². The Kier molecular flexibility index (Phi) is 3.53. The molecular formula is C10H14FN3O2S. The summed E-state index contributed by atoms with van der Waals surface area (Å²) in [4.78, 5) is -0.0757. The first-order valence-corrected chi connectivity index (χ1v) is 6.27. The normalized spacial score (nSPS) is 12.4. The summed E-state index contributed by atoms with van der Waals surface area (Å²) >= 11 is 0. The van der Waals surface area contributed by atoms with Crippen LogP contribution in [0.4, 0.5) is 4.39 Å². The lowest BCUT2D eigenvalue weighted by molar-refractivity contribution is 0.541. The van der Waals surface area contributed by atoms with Crippen LogP contribution in [-0.4, -0.2) is 19.8 Å². The van der Waals surface area contributed by atoms with Crippen molar-refractivity contribution in [2.45, 2.75) is 24.3 Å². The maximum absolute atomic E-state index is 12.7. The van der Waals surface area contributed by atoms with Gasteiger partial charge in [-0.25, -0.2) is 12.8 Å². The molecule has 0 aliphatic heterocycles. The molecule has 4 N–H and O–H groups in total. The fourth-order valence-corrected chi connectivity index (χ4v) is 2.46. The van der Waals surface area contributed by atoms with Crippen molar-refractivity contribution >= 4 is 15.9 Å². The van der Waals surface area contributed by atoms with Crippen molar-refractivity contribution in [2.75, 3.05) is 0 Å². The van der Waals surface area contributed by atoms with Gasteiger partial charge in [0.15, 0.2) is 0 Å². The Morgan fingerprint density at radius 2 is 1.82 bits per heavy atom. The quantitative estimate of drug-likeness (QED) is 0.551. The van der Waals surface area contributed by atoms with Crippen molar-refractivity contribution < 1.29 is 12.8 Å². The molecule has 0 heterocycles. The van der Waals surface area contributed by atoms with Gasteiger partial charge in [-0.1, -0.05) is 0 Å². The van der Waals surface area contributed by atoms with Crippen LogP contribution >= 0.6 is 0 Å². The third-order valence-corrected chi connectivity index (χ3v) is 3.86. The third kappa shape index (κ3) is 3.24. The van der Waals surface area contributed by atoms with Crippen LogP contribution in [0.15, 0.2) is 29.2 Å². The van der Waals surface area contributed by atoms with Crippen molar-refractivity contribution in [3.8, 4) is 0 Å². The van der Waals surface area contributed by atoms with Crippen LogP contribution in [-0.2, 0) is 10.0 Å². The Morgan fingerprint density at radius 3 is 2.24 bits per heavy atom. The summed E-state index contributed by atoms with van der Waals surface area (Å²) in [7, 11) is -3.82. The van der Waals surface area contributed by atoms with E-state index in [9.17, 15) is 12.8 Å². The molecule has 0 fully saturated rings. The number of amidine groups is 1. The fourth-order valence-electron chi connectivity index (χ4n) is 1.06. The molecule has 1 aromatic carbocycles. The minimum atomic E-state index is -3.82. The van der Waals surface area contributed by atoms with Gasteiger partial charge < -0.3 is 5.73 Å². The van der Waals surface area contributed by atoms with Gasteiger partial charge in [-0.05, 0) is 38.1 Å². The summed E-state index contributed by atoms with van der Waals surface area (Å²) < 4.78 is 38.7. The lowest BCUT2D eigenvalue weighted by Gasteiger charge is -2.24. The molecule has 0 bridgehead atoms. The van der Waals surface area contributed by atoms with E-state index in [0.29, 0.717) is 0 Å². The zero-order chi connectivity index (χ0) is 13.3. The van der Waals surface area contributed by atoms with E-state index in [1.54, 1.807) is 0 Å². The van der Waals surface area contributed by atoms with E-state index in [1.807, 2.05) is 0 Å². The molecule has 5 nitrogen and oxygen atoms in total. The molecule has 0 spiro atoms. The molecule has 0 saturated heterocycles. The molecule has 1 rings (SSSR count). The molecule has 0 unspecified atom stereocenters. The molecule has 0 aromatic heterocycles. The number of halogens is 1. The van der Waals surface area contributed by atoms with Crippen LogP contribution < -0.4 is 10.5 Å². The summed E-state index contributed by atoms with van der Waals surface area (Å²) in [5.41, 5.74) is 4.09. The number of hydrogen-bond donors (Lipinski definition) is 3. The highest BCUT2D eigenvalue weighted by Gasteiger charge is 2.28. The Bertz CT molecular complexity index is 523. The van der Waals surface area contributed by atoms with Crippen molar-refractivity contribution in [3.63, 3.8) is 0 Å². The first-order chi connectivity index (χ1) is 7.65. The predicted octanol–water partition coefficient (Wildman–Crippen LogP) is 0.819. The molecule has 0 radical (unpaired) electrons. The first-order valence-electron chi connectivity index (χ1n) is 4.79. The minimum Gasteiger partial charge on any atom is -0.386 e. The molecule has 0 amide bonds. The standard InChI is InChI=1S/C10H14FN3O2S/c1-10(2,9(12)13)14-17(15,16)8-5-3-7(11)4-6-8/h3-6,14H,1-2H3,(H3,12,13). The second-order valence-corrected chi connectivity index (χ2v) is 5.78. The highest BCUT2D eigenvalue weighted by Crippen LogP contribution is 2.13. The van der Waals surface area contributed by atoms with Crippen LogP contribution in [0, 0.1) is 11.2 Å². The van der Waals surface area contributed by atoms with E-state index >= 15 is 0 Å². The van der Waals surface area contributed by atoms with Gasteiger partial charge in [-0.15, -0.1) is 0 Å². The largest absolute Gasteiger partial charge is 0.386 e. The maximum atomic E-state index is 12.7. The van der Waals surface area contributed by atoms with Gasteiger partial charge in [0, 0.05) is 0 Å². The van der Waals surface area contributed by atoms with Crippen LogP contribution in [0.2, 0.25) is 0 Å². The highest BCUT2D eigenvalue weighted by atomic mass is 32.2. The molecule has 17 heavy (non-hydrogen) atoms. The predicted molar refractivity (Wildman–Crippen MR) is 62.7 cm³/mol. The molecule has 0 aliphatic rings. The second kappa shape index (κ2) is 4.42. The van der Waals surface area contributed by atoms with E-state index < -0.39 is 21.4 Å². The van der Waals surface area contributed by atoms with E-state index in [2.05, 4.69) is 4.72 Å². The Labute approximate surface area is 99.4 Å². The van der Waals surface area contributed by atoms with Gasteiger partial charge >= 0.3 is 0 Å². The van der Waals surface area contributed by atoms with Gasteiger partial charge in [0.2, 0.25) is 10.0 Å². The molecule has 94 valence electrons. The van der Waals surface area contributed by atoms with Gasteiger partial charge in [0.1, 0.15) is 11.7 Å². The SMILES string of the molecule is CC(C)(NS(=O)(=O)c1ccc(F)cc1)C(=N)N. The summed E-state index contributed by atoms with van der Waals surface area (Å²) in [5.74, 6) is -0.821. The average Bonchev–Trinajstić information content (AvgIpc) is 2.16. The van der Waals surface area contributed by atoms with Crippen molar-refractivity contribution in [2.24, 2.45) is 5.73 Å². The smallest absolute Gasteiger partial charge is 0.241 e. The van der Waals surface area contributed by atoms with E-state index in [-0.39, 0.29) is 10.7 Å². The van der Waals surface area contributed by atoms with Gasteiger partial charge in [-0.2, -0.15) is 4.72 Å². The zero-order valence-corrected chi connectivity index (χ0v) is 10.3. The summed E-state index contributed by atoms with van der Waals surface area (Å²) in [6, 6.07) is 4.40. The topological polar surface area (TPSA) is 96.0 Å². The zero-order valence-electron chi connectivity index (χ0n) is 9.49. The number of sulfonamides is 1. The Morgan fingerprint density at radius 1 is 1.35 bits per heavy atom. The highest BCUT2D eigenvalue weighted by molar-refractivity contribution is 7.89. The molecule has 0 saturated carbocycles. The molecule has 0 aliphatic carbocycles. The second-order valence-electron chi connectivity index (χ2n) is 4.10. The molecule has 7 heteroatoms. The number of hydrogen-bond acceptors (Lipinski definition) is 3. The van der Waals surface area contributed by atoms with Gasteiger partial charge in [0.25, 0.3) is 0 Å². The Balaban J connectivity index is 3.05. The summed E-state index contributed by atoms with van der Waals surface area (Å²) in [6.07, 6.45) is 0. The summed E-state index contributed by atoms with van der Waals surface area (Å²) in [6.45, 7) is 2.94. The van der Waals surface area contributed by atoms with Crippen LogP contribution in [0.25, 0.3) is 0 Å². The first kappa shape index (κ1) is 13.6. The number of nitrogens with two attached hydrogens (primary N) is 1. The number of rotatable bonds is 4. The number of nitrogens with one attached hydrogen (secondary N) is 2. The van der Waals surface area contributed by atoms with E-state index in [0.717, 1.165) is 24.3 Å². The van der Waals surface area contributed by atoms with Crippen molar-refractivity contribution in [1.82, 2.24) is 4.72 Å². The number of benzene rings is 1. The average molecular weight is 259 g/mol. The fraction of sp³-hybridized carbons (Fsp3) is 0.300. The molecule has 1 aromatic rings. The van der Waals surface area contributed by atoms with Gasteiger partial charge in [-0.3, -0.25) is 5.41 Å². The Hall–Kier alpha value is -1.47. The van der Waals surface area contributed by atoms with Crippen molar-refractivity contribution in [3.05, 3.63) is 30.1 Å². The van der Waals surface area contributed by atoms with Crippen LogP contribution in [0.1, 0.15) is 13.8 Å². The third-order valence-electron chi connectivity index (χ3n) is 2.19. The van der Waals surface area contributed by atoms with E-state index in [4.69, 9.17) is 11.1 Å². The van der Waals surface area contributed by atoms with Crippen molar-refractivity contribution in [1.29, 1.82) is 5.41 Å². The lowest BCUT2D eigenvalue weighted by Crippen LogP contribution is -2.52. The monoisotopic (exact) mass is 259 g/mol. The minimum absolute atomic E-state index is 0.0757. The molecular weight excluding hydrogens is 245 g/mol. The van der Waals surface area contributed by atoms with Crippen LogP contribution in [0.5, 0.6) is 0 Å². The van der Waals surface area contributed by atoms with Crippen LogP contribution in [0.3, 0.4) is 0 Å². The summed E-state index contributed by atoms with van der Waals surface area (Å²) in [5, 5.41) is 7.26. The van der Waals surface area contributed by atoms with Gasteiger partial charge in [0.05, 0.1) is 10.4 Å². The maximum Gasteiger partial charge on any atom is 0.241 e. The molecule has 0 atom stereocenters.